The number of carbonyl (C=O) groups excluding carboxylic acids is 2. The molecule has 1 aromatic carbocycles. The second-order valence-electron chi connectivity index (χ2n) is 8.36. The van der Waals surface area contributed by atoms with Gasteiger partial charge in [0.25, 0.3) is 0 Å². The molecule has 0 spiro atoms. The summed E-state index contributed by atoms with van der Waals surface area (Å²) in [6.07, 6.45) is 2.14. The molecule has 0 radical (unpaired) electrons. The van der Waals surface area contributed by atoms with E-state index < -0.39 is 0 Å². The number of rotatable bonds is 7. The van der Waals surface area contributed by atoms with Crippen molar-refractivity contribution < 1.29 is 9.59 Å². The SMILES string of the molecule is CCNC(=NCC(=O)NC(C)(C)C)NCCCC(=O)N1CCc2ccccc2C1.I. The Morgan fingerprint density at radius 1 is 1.13 bits per heavy atom. The van der Waals surface area contributed by atoms with E-state index in [2.05, 4.69) is 39.1 Å². The van der Waals surface area contributed by atoms with Crippen LogP contribution >= 0.6 is 24.0 Å². The molecule has 1 heterocycles. The summed E-state index contributed by atoms with van der Waals surface area (Å²) in [5.74, 6) is 0.666. The Kier molecular flexibility index (Phi) is 11.1. The van der Waals surface area contributed by atoms with Gasteiger partial charge in [-0.3, -0.25) is 9.59 Å². The minimum Gasteiger partial charge on any atom is -0.357 e. The van der Waals surface area contributed by atoms with Gasteiger partial charge in [-0.1, -0.05) is 24.3 Å². The predicted molar refractivity (Wildman–Crippen MR) is 132 cm³/mol. The molecular weight excluding hydrogens is 493 g/mol. The van der Waals surface area contributed by atoms with Gasteiger partial charge >= 0.3 is 0 Å². The smallest absolute Gasteiger partial charge is 0.242 e. The molecule has 0 aliphatic carbocycles. The third kappa shape index (κ3) is 9.32. The molecule has 0 saturated carbocycles. The third-order valence-electron chi connectivity index (χ3n) is 4.58. The van der Waals surface area contributed by atoms with Gasteiger partial charge < -0.3 is 20.9 Å². The van der Waals surface area contributed by atoms with Crippen LogP contribution in [0.4, 0.5) is 0 Å². The molecule has 2 amide bonds. The monoisotopic (exact) mass is 529 g/mol. The van der Waals surface area contributed by atoms with Crippen LogP contribution in [0.2, 0.25) is 0 Å². The molecule has 1 aromatic rings. The van der Waals surface area contributed by atoms with Gasteiger partial charge in [0.1, 0.15) is 6.54 Å². The topological polar surface area (TPSA) is 85.8 Å². The van der Waals surface area contributed by atoms with Gasteiger partial charge in [0.05, 0.1) is 0 Å². The van der Waals surface area contributed by atoms with Crippen molar-refractivity contribution >= 4 is 41.8 Å². The Balaban J connectivity index is 0.00000450. The summed E-state index contributed by atoms with van der Waals surface area (Å²) in [5, 5.41) is 9.22. The van der Waals surface area contributed by atoms with Gasteiger partial charge in [0.2, 0.25) is 11.8 Å². The van der Waals surface area contributed by atoms with Crippen molar-refractivity contribution in [2.45, 2.75) is 59.0 Å². The fourth-order valence-electron chi connectivity index (χ4n) is 3.26. The number of nitrogens with zero attached hydrogens (tertiary/aromatic N) is 2. The van der Waals surface area contributed by atoms with Crippen LogP contribution in [0.5, 0.6) is 0 Å². The van der Waals surface area contributed by atoms with Crippen molar-refractivity contribution in [2.24, 2.45) is 4.99 Å². The van der Waals surface area contributed by atoms with Gasteiger partial charge in [-0.25, -0.2) is 4.99 Å². The molecule has 2 rings (SSSR count). The zero-order valence-corrected chi connectivity index (χ0v) is 20.9. The Bertz CT molecular complexity index is 730. The minimum absolute atomic E-state index is 0. The standard InChI is InChI=1S/C22H35N5O2.HI/c1-5-23-21(25-15-19(28)26-22(2,3)4)24-13-8-11-20(29)27-14-12-17-9-6-7-10-18(17)16-27;/h6-7,9-10H,5,8,11-16H2,1-4H3,(H,26,28)(H2,23,24,25);1H. The first-order chi connectivity index (χ1) is 13.8. The highest BCUT2D eigenvalue weighted by Crippen LogP contribution is 2.19. The zero-order chi connectivity index (χ0) is 21.3. The van der Waals surface area contributed by atoms with E-state index in [1.807, 2.05) is 38.7 Å². The van der Waals surface area contributed by atoms with Crippen molar-refractivity contribution in [3.63, 3.8) is 0 Å². The summed E-state index contributed by atoms with van der Waals surface area (Å²) in [7, 11) is 0. The minimum atomic E-state index is -0.270. The van der Waals surface area contributed by atoms with E-state index >= 15 is 0 Å². The summed E-state index contributed by atoms with van der Waals surface area (Å²) >= 11 is 0. The van der Waals surface area contributed by atoms with Gasteiger partial charge in [-0.05, 0) is 51.7 Å². The van der Waals surface area contributed by atoms with E-state index in [0.717, 1.165) is 19.4 Å². The second kappa shape index (κ2) is 12.8. The summed E-state index contributed by atoms with van der Waals surface area (Å²) in [6, 6.07) is 8.33. The molecule has 0 saturated heterocycles. The largest absolute Gasteiger partial charge is 0.357 e. The van der Waals surface area contributed by atoms with E-state index in [1.165, 1.54) is 11.1 Å². The Morgan fingerprint density at radius 2 is 1.83 bits per heavy atom. The van der Waals surface area contributed by atoms with E-state index in [0.29, 0.717) is 32.0 Å². The number of hydrogen-bond donors (Lipinski definition) is 3. The van der Waals surface area contributed by atoms with Crippen LogP contribution in [0.25, 0.3) is 0 Å². The molecule has 30 heavy (non-hydrogen) atoms. The molecule has 7 nitrogen and oxygen atoms in total. The quantitative estimate of drug-likeness (QED) is 0.219. The molecule has 168 valence electrons. The van der Waals surface area contributed by atoms with Crippen molar-refractivity contribution in [3.8, 4) is 0 Å². The number of amides is 2. The maximum Gasteiger partial charge on any atom is 0.242 e. The first-order valence-corrected chi connectivity index (χ1v) is 10.5. The molecule has 1 aliphatic rings. The second-order valence-corrected chi connectivity index (χ2v) is 8.36. The molecule has 0 aromatic heterocycles. The lowest BCUT2D eigenvalue weighted by atomic mass is 9.99. The third-order valence-corrected chi connectivity index (χ3v) is 4.58. The fourth-order valence-corrected chi connectivity index (χ4v) is 3.26. The van der Waals surface area contributed by atoms with Crippen LogP contribution in [0.15, 0.2) is 29.3 Å². The first kappa shape index (κ1) is 26.2. The number of nitrogens with one attached hydrogen (secondary N) is 3. The van der Waals surface area contributed by atoms with E-state index in [1.54, 1.807) is 0 Å². The molecular formula is C22H36IN5O2. The van der Waals surface area contributed by atoms with Gasteiger partial charge in [0, 0.05) is 38.1 Å². The number of aliphatic imine (C=N–C) groups is 1. The zero-order valence-electron chi connectivity index (χ0n) is 18.6. The maximum absolute atomic E-state index is 12.5. The summed E-state index contributed by atoms with van der Waals surface area (Å²) in [6.45, 7) is 10.7. The predicted octanol–water partition coefficient (Wildman–Crippen LogP) is 2.44. The lowest BCUT2D eigenvalue weighted by molar-refractivity contribution is -0.132. The lowest BCUT2D eigenvalue weighted by Gasteiger charge is -2.29. The highest BCUT2D eigenvalue weighted by atomic mass is 127. The normalized spacial score (nSPS) is 13.7. The summed E-state index contributed by atoms with van der Waals surface area (Å²) in [4.78, 5) is 30.7. The Labute approximate surface area is 197 Å². The van der Waals surface area contributed by atoms with Crippen LogP contribution < -0.4 is 16.0 Å². The molecule has 0 fully saturated rings. The Hall–Kier alpha value is -1.84. The van der Waals surface area contributed by atoms with Crippen LogP contribution in [-0.2, 0) is 22.6 Å². The number of fused-ring (bicyclic) bond motifs is 1. The number of halogens is 1. The van der Waals surface area contributed by atoms with Crippen LogP contribution in [0, 0.1) is 0 Å². The lowest BCUT2D eigenvalue weighted by Crippen LogP contribution is -2.43. The van der Waals surface area contributed by atoms with E-state index in [9.17, 15) is 9.59 Å². The van der Waals surface area contributed by atoms with Crippen molar-refractivity contribution in [1.29, 1.82) is 0 Å². The number of guanidine groups is 1. The highest BCUT2D eigenvalue weighted by Gasteiger charge is 2.19. The number of carbonyl (C=O) groups is 2. The molecule has 0 unspecified atom stereocenters. The molecule has 8 heteroatoms. The summed E-state index contributed by atoms with van der Waals surface area (Å²) < 4.78 is 0. The fraction of sp³-hybridized carbons (Fsp3) is 0.591. The average molecular weight is 529 g/mol. The van der Waals surface area contributed by atoms with Crippen LogP contribution in [-0.4, -0.2) is 54.4 Å². The van der Waals surface area contributed by atoms with E-state index in [-0.39, 0.29) is 47.9 Å². The molecule has 0 bridgehead atoms. The van der Waals surface area contributed by atoms with Crippen LogP contribution in [0.1, 0.15) is 51.7 Å². The Morgan fingerprint density at radius 3 is 2.50 bits per heavy atom. The molecule has 3 N–H and O–H groups in total. The number of hydrogen-bond acceptors (Lipinski definition) is 3. The van der Waals surface area contributed by atoms with Crippen molar-refractivity contribution in [3.05, 3.63) is 35.4 Å². The summed E-state index contributed by atoms with van der Waals surface area (Å²) in [5.41, 5.74) is 2.33. The van der Waals surface area contributed by atoms with Crippen LogP contribution in [0.3, 0.4) is 0 Å². The van der Waals surface area contributed by atoms with Gasteiger partial charge in [-0.15, -0.1) is 24.0 Å². The van der Waals surface area contributed by atoms with E-state index in [4.69, 9.17) is 0 Å². The van der Waals surface area contributed by atoms with Gasteiger partial charge in [0.15, 0.2) is 5.96 Å². The highest BCUT2D eigenvalue weighted by molar-refractivity contribution is 14.0. The first-order valence-electron chi connectivity index (χ1n) is 10.5. The van der Waals surface area contributed by atoms with Gasteiger partial charge in [-0.2, -0.15) is 0 Å². The molecule has 0 atom stereocenters. The van der Waals surface area contributed by atoms with Crippen molar-refractivity contribution in [1.82, 2.24) is 20.9 Å². The molecule has 1 aliphatic heterocycles. The maximum atomic E-state index is 12.5. The number of benzene rings is 1. The average Bonchev–Trinajstić information content (AvgIpc) is 2.67. The van der Waals surface area contributed by atoms with Crippen molar-refractivity contribution in [2.75, 3.05) is 26.2 Å².